The fourth-order valence-electron chi connectivity index (χ4n) is 4.03. The largest absolute Gasteiger partial charge is 0.507 e. The minimum atomic E-state index is -0.381. The Morgan fingerprint density at radius 2 is 1.70 bits per heavy atom. The van der Waals surface area contributed by atoms with Crippen LogP contribution >= 0.6 is 0 Å². The van der Waals surface area contributed by atoms with Gasteiger partial charge in [0.25, 0.3) is 0 Å². The zero-order chi connectivity index (χ0) is 21.3. The molecule has 0 amide bonds. The number of hydrogen-bond donors (Lipinski definition) is 1. The van der Waals surface area contributed by atoms with Crippen LogP contribution in [0.4, 0.5) is 0 Å². The summed E-state index contributed by atoms with van der Waals surface area (Å²) in [5, 5.41) is 12.9. The third kappa shape index (κ3) is 3.36. The van der Waals surface area contributed by atoms with Crippen LogP contribution < -0.4 is 4.74 Å². The Balaban J connectivity index is 1.83. The number of fused-ring (bicyclic) bond motifs is 3. The van der Waals surface area contributed by atoms with E-state index in [0.717, 1.165) is 33.3 Å². The predicted molar refractivity (Wildman–Crippen MR) is 118 cm³/mol. The Morgan fingerprint density at radius 3 is 2.43 bits per heavy atom. The number of phenols is 1. The molecule has 0 spiro atoms. The first-order chi connectivity index (χ1) is 14.5. The quantitative estimate of drug-likeness (QED) is 0.440. The first kappa shape index (κ1) is 19.8. The molecule has 4 rings (SSSR count). The highest BCUT2D eigenvalue weighted by atomic mass is 16.5. The summed E-state index contributed by atoms with van der Waals surface area (Å²) in [6.45, 7) is 7.01. The number of aromatic hydroxyl groups is 1. The van der Waals surface area contributed by atoms with Gasteiger partial charge in [-0.25, -0.2) is 4.79 Å². The van der Waals surface area contributed by atoms with Crippen LogP contribution in [0, 0.1) is 13.8 Å². The molecule has 0 bridgehead atoms. The van der Waals surface area contributed by atoms with Gasteiger partial charge in [-0.1, -0.05) is 42.5 Å². The summed E-state index contributed by atoms with van der Waals surface area (Å²) in [4.78, 5) is 12.7. The highest BCUT2D eigenvalue weighted by Gasteiger charge is 2.23. The number of phenolic OH excluding ortho intramolecular Hbond substituents is 1. The van der Waals surface area contributed by atoms with Gasteiger partial charge < -0.3 is 19.1 Å². The van der Waals surface area contributed by atoms with E-state index in [4.69, 9.17) is 9.47 Å². The van der Waals surface area contributed by atoms with Crippen molar-refractivity contribution in [3.05, 3.63) is 71.4 Å². The number of hydrogen-bond acceptors (Lipinski definition) is 4. The highest BCUT2D eigenvalue weighted by molar-refractivity contribution is 6.16. The number of esters is 1. The number of rotatable bonds is 6. The maximum absolute atomic E-state index is 12.7. The summed E-state index contributed by atoms with van der Waals surface area (Å²) in [6.07, 6.45) is 0. The Labute approximate surface area is 175 Å². The summed E-state index contributed by atoms with van der Waals surface area (Å²) in [7, 11) is 0. The first-order valence-corrected chi connectivity index (χ1v) is 10.1. The van der Waals surface area contributed by atoms with Gasteiger partial charge in [-0.3, -0.25) is 0 Å². The zero-order valence-corrected chi connectivity index (χ0v) is 17.4. The number of benzene rings is 3. The second kappa shape index (κ2) is 8.11. The van der Waals surface area contributed by atoms with E-state index in [-0.39, 0.29) is 11.7 Å². The van der Waals surface area contributed by atoms with Crippen LogP contribution in [0.15, 0.2) is 54.6 Å². The van der Waals surface area contributed by atoms with E-state index in [9.17, 15) is 9.90 Å². The molecule has 5 nitrogen and oxygen atoms in total. The van der Waals surface area contributed by atoms with Crippen molar-refractivity contribution < 1.29 is 19.4 Å². The molecule has 0 radical (unpaired) electrons. The molecule has 0 aliphatic rings. The maximum Gasteiger partial charge on any atom is 0.340 e. The normalized spacial score (nSPS) is 11.2. The van der Waals surface area contributed by atoms with Crippen molar-refractivity contribution >= 4 is 27.6 Å². The van der Waals surface area contributed by atoms with Gasteiger partial charge in [0.1, 0.15) is 18.1 Å². The molecule has 5 heteroatoms. The molecule has 0 aliphatic heterocycles. The molecule has 0 saturated carbocycles. The van der Waals surface area contributed by atoms with Crippen LogP contribution in [0.2, 0.25) is 0 Å². The third-order valence-electron chi connectivity index (χ3n) is 5.45. The van der Waals surface area contributed by atoms with E-state index in [2.05, 4.69) is 4.57 Å². The SMILES string of the molecule is CCOC(=O)c1c(C)n(CCOc2ccccc2C)c2c1cc(O)c1ccccc12. The molecule has 0 unspecified atom stereocenters. The molecule has 0 saturated heterocycles. The van der Waals surface area contributed by atoms with Crippen LogP contribution in [0.3, 0.4) is 0 Å². The molecule has 154 valence electrons. The predicted octanol–water partition coefficient (Wildman–Crippen LogP) is 5.37. The van der Waals surface area contributed by atoms with Crippen molar-refractivity contribution in [2.24, 2.45) is 0 Å². The average Bonchev–Trinajstić information content (AvgIpc) is 3.01. The van der Waals surface area contributed by atoms with E-state index in [0.29, 0.717) is 30.7 Å². The number of aromatic nitrogens is 1. The second-order valence-corrected chi connectivity index (χ2v) is 7.28. The van der Waals surface area contributed by atoms with Crippen LogP contribution in [0.5, 0.6) is 11.5 Å². The molecule has 30 heavy (non-hydrogen) atoms. The van der Waals surface area contributed by atoms with Crippen molar-refractivity contribution in [2.75, 3.05) is 13.2 Å². The van der Waals surface area contributed by atoms with E-state index < -0.39 is 0 Å². The lowest BCUT2D eigenvalue weighted by atomic mass is 10.0. The van der Waals surface area contributed by atoms with Gasteiger partial charge in [0, 0.05) is 21.9 Å². The lowest BCUT2D eigenvalue weighted by Gasteiger charge is -2.13. The zero-order valence-electron chi connectivity index (χ0n) is 17.4. The van der Waals surface area contributed by atoms with Gasteiger partial charge in [-0.05, 0) is 38.5 Å². The number of carbonyl (C=O) groups excluding carboxylic acids is 1. The molecule has 1 N–H and O–H groups in total. The maximum atomic E-state index is 12.7. The van der Waals surface area contributed by atoms with Gasteiger partial charge in [0.15, 0.2) is 0 Å². The molecule has 4 aromatic rings. The van der Waals surface area contributed by atoms with Crippen LogP contribution in [0.25, 0.3) is 21.7 Å². The number of aryl methyl sites for hydroxylation is 1. The molecular weight excluding hydrogens is 378 g/mol. The van der Waals surface area contributed by atoms with E-state index in [1.807, 2.05) is 62.4 Å². The van der Waals surface area contributed by atoms with Crippen LogP contribution in [-0.2, 0) is 11.3 Å². The molecule has 0 fully saturated rings. The fourth-order valence-corrected chi connectivity index (χ4v) is 4.03. The van der Waals surface area contributed by atoms with Gasteiger partial charge in [-0.15, -0.1) is 0 Å². The molecule has 3 aromatic carbocycles. The molecule has 0 aliphatic carbocycles. The summed E-state index contributed by atoms with van der Waals surface area (Å²) >= 11 is 0. The third-order valence-corrected chi connectivity index (χ3v) is 5.45. The number of carbonyl (C=O) groups is 1. The van der Waals surface area contributed by atoms with Crippen molar-refractivity contribution in [3.63, 3.8) is 0 Å². The van der Waals surface area contributed by atoms with Crippen molar-refractivity contribution in [1.82, 2.24) is 4.57 Å². The van der Waals surface area contributed by atoms with Crippen molar-refractivity contribution in [3.8, 4) is 11.5 Å². The lowest BCUT2D eigenvalue weighted by Crippen LogP contribution is -2.12. The van der Waals surface area contributed by atoms with Gasteiger partial charge in [0.05, 0.1) is 24.2 Å². The van der Waals surface area contributed by atoms with Crippen molar-refractivity contribution in [2.45, 2.75) is 27.3 Å². The van der Waals surface area contributed by atoms with Crippen LogP contribution in [-0.4, -0.2) is 28.9 Å². The molecule has 1 aromatic heterocycles. The summed E-state index contributed by atoms with van der Waals surface area (Å²) in [5.74, 6) is 0.616. The van der Waals surface area contributed by atoms with E-state index in [1.165, 1.54) is 0 Å². The fraction of sp³-hybridized carbons (Fsp3) is 0.240. The average molecular weight is 403 g/mol. The minimum Gasteiger partial charge on any atom is -0.507 e. The Bertz CT molecular complexity index is 1240. The van der Waals surface area contributed by atoms with Gasteiger partial charge in [0.2, 0.25) is 0 Å². The van der Waals surface area contributed by atoms with Crippen molar-refractivity contribution in [1.29, 1.82) is 0 Å². The number of ether oxygens (including phenoxy) is 2. The summed E-state index contributed by atoms with van der Waals surface area (Å²) in [5.41, 5.74) is 3.27. The molecular formula is C25H25NO4. The topological polar surface area (TPSA) is 60.7 Å². The highest BCUT2D eigenvalue weighted by Crippen LogP contribution is 2.37. The number of nitrogens with zero attached hydrogens (tertiary/aromatic N) is 1. The van der Waals surface area contributed by atoms with E-state index >= 15 is 0 Å². The van der Waals surface area contributed by atoms with Gasteiger partial charge >= 0.3 is 5.97 Å². The summed E-state index contributed by atoms with van der Waals surface area (Å²) in [6, 6.07) is 17.2. The van der Waals surface area contributed by atoms with Gasteiger partial charge in [-0.2, -0.15) is 0 Å². The van der Waals surface area contributed by atoms with E-state index in [1.54, 1.807) is 13.0 Å². The monoisotopic (exact) mass is 403 g/mol. The van der Waals surface area contributed by atoms with Crippen LogP contribution in [0.1, 0.15) is 28.5 Å². The molecule has 0 atom stereocenters. The number of para-hydroxylation sites is 1. The first-order valence-electron chi connectivity index (χ1n) is 10.1. The Hall–Kier alpha value is -3.47. The minimum absolute atomic E-state index is 0.150. The second-order valence-electron chi connectivity index (χ2n) is 7.28. The summed E-state index contributed by atoms with van der Waals surface area (Å²) < 4.78 is 13.4. The lowest BCUT2D eigenvalue weighted by molar-refractivity contribution is 0.0527. The smallest absolute Gasteiger partial charge is 0.340 e. The standard InChI is InChI=1S/C25H25NO4/c1-4-29-25(28)23-17(3)26(13-14-30-22-12-8-5-9-16(22)2)24-19-11-7-6-10-18(19)21(27)15-20(23)24/h5-12,15,27H,4,13-14H2,1-3H3. The Morgan fingerprint density at radius 1 is 1.00 bits per heavy atom. The Kier molecular flexibility index (Phi) is 5.36. The molecule has 1 heterocycles.